The fourth-order valence-corrected chi connectivity index (χ4v) is 2.16. The molecule has 0 atom stereocenters. The van der Waals surface area contributed by atoms with Gasteiger partial charge in [0.2, 0.25) is 5.91 Å². The highest BCUT2D eigenvalue weighted by Crippen LogP contribution is 2.06. The van der Waals surface area contributed by atoms with Crippen LogP contribution in [0.2, 0.25) is 0 Å². The Hall–Kier alpha value is -2.06. The third-order valence-corrected chi connectivity index (χ3v) is 3.67. The zero-order chi connectivity index (χ0) is 14.4. The van der Waals surface area contributed by atoms with E-state index in [1.54, 1.807) is 30.3 Å². The summed E-state index contributed by atoms with van der Waals surface area (Å²) in [6.07, 6.45) is 2.89. The van der Waals surface area contributed by atoms with Gasteiger partial charge in [-0.3, -0.25) is 19.5 Å². The molecule has 0 aliphatic carbocycles. The van der Waals surface area contributed by atoms with Crippen LogP contribution in [0.1, 0.15) is 10.4 Å². The van der Waals surface area contributed by atoms with Crippen LogP contribution in [0, 0.1) is 0 Å². The van der Waals surface area contributed by atoms with Crippen molar-refractivity contribution >= 4 is 40.1 Å². The lowest BCUT2D eigenvalue weighted by Crippen LogP contribution is -2.32. The first-order valence-electron chi connectivity index (χ1n) is 5.58. The zero-order valence-electron chi connectivity index (χ0n) is 10.2. The fourth-order valence-electron chi connectivity index (χ4n) is 1.32. The maximum absolute atomic E-state index is 11.7. The van der Waals surface area contributed by atoms with Gasteiger partial charge in [0.1, 0.15) is 17.0 Å². The van der Waals surface area contributed by atoms with Crippen LogP contribution in [0.4, 0.5) is 0 Å². The minimum Gasteiger partial charge on any atom is -0.292 e. The normalized spacial score (nSPS) is 10.0. The van der Waals surface area contributed by atoms with Gasteiger partial charge in [0.05, 0.1) is 5.75 Å². The van der Waals surface area contributed by atoms with E-state index < -0.39 is 11.8 Å². The summed E-state index contributed by atoms with van der Waals surface area (Å²) in [4.78, 5) is 23.4. The number of benzene rings is 1. The summed E-state index contributed by atoms with van der Waals surface area (Å²) in [5.74, 6) is -0.777. The maximum Gasteiger partial charge on any atom is 0.257 e. The van der Waals surface area contributed by atoms with Crippen LogP contribution >= 0.6 is 24.0 Å². The van der Waals surface area contributed by atoms with Crippen LogP contribution in [0.15, 0.2) is 43.0 Å². The van der Waals surface area contributed by atoms with Crippen LogP contribution in [-0.2, 0) is 4.79 Å². The first-order valence-corrected chi connectivity index (χ1v) is 6.97. The number of aromatic nitrogens is 3. The molecular weight excluding hydrogens is 296 g/mol. The Morgan fingerprint density at radius 2 is 1.85 bits per heavy atom. The molecule has 0 aliphatic heterocycles. The molecule has 2 rings (SSSR count). The van der Waals surface area contributed by atoms with E-state index in [-0.39, 0.29) is 5.75 Å². The summed E-state index contributed by atoms with van der Waals surface area (Å²) >= 11 is 6.21. The predicted octanol–water partition coefficient (Wildman–Crippen LogP) is 1.10. The van der Waals surface area contributed by atoms with E-state index in [0.717, 1.165) is 11.8 Å². The van der Waals surface area contributed by atoms with E-state index in [1.165, 1.54) is 17.2 Å². The number of thiocarbonyl (C=S) groups is 1. The molecule has 1 N–H and O–H groups in total. The van der Waals surface area contributed by atoms with Crippen molar-refractivity contribution in [2.75, 3.05) is 5.75 Å². The first-order chi connectivity index (χ1) is 9.66. The van der Waals surface area contributed by atoms with Crippen LogP contribution in [0.25, 0.3) is 0 Å². The smallest absolute Gasteiger partial charge is 0.257 e. The van der Waals surface area contributed by atoms with Crippen molar-refractivity contribution in [3.63, 3.8) is 0 Å². The van der Waals surface area contributed by atoms with Crippen LogP contribution in [0.3, 0.4) is 0 Å². The Bertz CT molecular complexity index is 614. The maximum atomic E-state index is 11.7. The summed E-state index contributed by atoms with van der Waals surface area (Å²) in [6, 6.07) is 8.53. The number of imide groups is 1. The van der Waals surface area contributed by atoms with E-state index in [9.17, 15) is 9.59 Å². The summed E-state index contributed by atoms with van der Waals surface area (Å²) in [7, 11) is 0. The third-order valence-electron chi connectivity index (χ3n) is 2.25. The molecule has 0 saturated carbocycles. The molecule has 1 aromatic heterocycles. The average Bonchev–Trinajstić information content (AvgIpc) is 3.00. The molecule has 0 radical (unpaired) electrons. The Kier molecular flexibility index (Phi) is 4.97. The van der Waals surface area contributed by atoms with E-state index in [1.807, 2.05) is 0 Å². The molecule has 2 amide bonds. The molecule has 1 heterocycles. The van der Waals surface area contributed by atoms with Gasteiger partial charge < -0.3 is 0 Å². The minimum absolute atomic E-state index is 0.0512. The van der Waals surface area contributed by atoms with E-state index in [2.05, 4.69) is 15.5 Å². The van der Waals surface area contributed by atoms with Crippen molar-refractivity contribution in [3.05, 3.63) is 48.5 Å². The molecule has 0 spiro atoms. The van der Waals surface area contributed by atoms with Gasteiger partial charge in [0.25, 0.3) is 5.91 Å². The number of thioether (sulfide) groups is 1. The number of hydrogen-bond donors (Lipinski definition) is 1. The Balaban J connectivity index is 1.81. The van der Waals surface area contributed by atoms with Gasteiger partial charge in [0, 0.05) is 5.56 Å². The van der Waals surface area contributed by atoms with Gasteiger partial charge in [-0.05, 0) is 12.1 Å². The first kappa shape index (κ1) is 14.4. The van der Waals surface area contributed by atoms with Crippen LogP contribution < -0.4 is 5.32 Å². The summed E-state index contributed by atoms with van der Waals surface area (Å²) in [5, 5.41) is 9.53. The molecule has 0 unspecified atom stereocenters. The highest BCUT2D eigenvalue weighted by molar-refractivity contribution is 8.23. The largest absolute Gasteiger partial charge is 0.292 e. The van der Waals surface area contributed by atoms with Gasteiger partial charge >= 0.3 is 0 Å². The molecule has 8 heteroatoms. The summed E-state index contributed by atoms with van der Waals surface area (Å²) in [5.41, 5.74) is 0.437. The number of nitrogens with zero attached hydrogens (tertiary/aromatic N) is 3. The SMILES string of the molecule is O=C(CSC(=S)n1cnnc1)NC(=O)c1ccccc1. The molecule has 0 fully saturated rings. The second-order valence-electron chi connectivity index (χ2n) is 3.67. The molecule has 6 nitrogen and oxygen atoms in total. The third kappa shape index (κ3) is 3.97. The van der Waals surface area contributed by atoms with E-state index in [0.29, 0.717) is 9.88 Å². The van der Waals surface area contributed by atoms with Crippen molar-refractivity contribution in [1.29, 1.82) is 0 Å². The van der Waals surface area contributed by atoms with Gasteiger partial charge in [-0.25, -0.2) is 0 Å². The van der Waals surface area contributed by atoms with Gasteiger partial charge in [-0.2, -0.15) is 0 Å². The average molecular weight is 306 g/mol. The van der Waals surface area contributed by atoms with Crippen molar-refractivity contribution in [2.45, 2.75) is 0 Å². The van der Waals surface area contributed by atoms with E-state index in [4.69, 9.17) is 12.2 Å². The lowest BCUT2D eigenvalue weighted by molar-refractivity contribution is -0.117. The van der Waals surface area contributed by atoms with Crippen LogP contribution in [-0.4, -0.2) is 36.7 Å². The fraction of sp³-hybridized carbons (Fsp3) is 0.0833. The number of carbonyl (C=O) groups excluding carboxylic acids is 2. The van der Waals surface area contributed by atoms with Crippen LogP contribution in [0.5, 0.6) is 0 Å². The van der Waals surface area contributed by atoms with Crippen molar-refractivity contribution < 1.29 is 9.59 Å². The Morgan fingerprint density at radius 1 is 1.20 bits per heavy atom. The number of amides is 2. The topological polar surface area (TPSA) is 76.9 Å². The summed E-state index contributed by atoms with van der Waals surface area (Å²) in [6.45, 7) is 0. The second kappa shape index (κ2) is 6.92. The number of nitrogens with one attached hydrogen (secondary N) is 1. The molecule has 102 valence electrons. The van der Waals surface area contributed by atoms with Crippen molar-refractivity contribution in [1.82, 2.24) is 20.1 Å². The standard InChI is InChI=1S/C12H10N4O2S2/c17-10(6-20-12(19)16-7-13-14-8-16)15-11(18)9-4-2-1-3-5-9/h1-5,7-8H,6H2,(H,15,17,18). The highest BCUT2D eigenvalue weighted by atomic mass is 32.2. The monoisotopic (exact) mass is 306 g/mol. The minimum atomic E-state index is -0.425. The number of rotatable bonds is 3. The quantitative estimate of drug-likeness (QED) is 0.856. The molecule has 0 aliphatic rings. The zero-order valence-corrected chi connectivity index (χ0v) is 11.9. The molecule has 0 saturated heterocycles. The van der Waals surface area contributed by atoms with Gasteiger partial charge in [-0.1, -0.05) is 42.2 Å². The predicted molar refractivity (Wildman–Crippen MR) is 79.4 cm³/mol. The van der Waals surface area contributed by atoms with Crippen molar-refractivity contribution in [3.8, 4) is 0 Å². The number of carbonyl (C=O) groups is 2. The van der Waals surface area contributed by atoms with E-state index >= 15 is 0 Å². The molecule has 20 heavy (non-hydrogen) atoms. The molecule has 2 aromatic rings. The molecular formula is C12H10N4O2S2. The number of hydrogen-bond acceptors (Lipinski definition) is 6. The highest BCUT2D eigenvalue weighted by Gasteiger charge is 2.11. The van der Waals surface area contributed by atoms with Gasteiger partial charge in [-0.15, -0.1) is 10.2 Å². The Labute approximate surface area is 124 Å². The van der Waals surface area contributed by atoms with Gasteiger partial charge in [0.15, 0.2) is 0 Å². The second-order valence-corrected chi connectivity index (χ2v) is 5.28. The Morgan fingerprint density at radius 3 is 2.50 bits per heavy atom. The lowest BCUT2D eigenvalue weighted by Gasteiger charge is -2.05. The van der Waals surface area contributed by atoms with Crippen molar-refractivity contribution in [2.24, 2.45) is 0 Å². The lowest BCUT2D eigenvalue weighted by atomic mass is 10.2. The molecule has 1 aromatic carbocycles. The summed E-state index contributed by atoms with van der Waals surface area (Å²) < 4.78 is 1.96. The molecule has 0 bridgehead atoms.